The SMILES string of the molecule is Cc1cc(C)cc(OCC(O)CN2CCN(S(=O)(=O)c3cccc(Br)c3)CC2)c1. The molecule has 0 saturated carbocycles. The van der Waals surface area contributed by atoms with Gasteiger partial charge in [-0.1, -0.05) is 28.1 Å². The van der Waals surface area contributed by atoms with E-state index in [-0.39, 0.29) is 6.61 Å². The van der Waals surface area contributed by atoms with Crippen LogP contribution in [-0.2, 0) is 10.0 Å². The maximum absolute atomic E-state index is 12.8. The highest BCUT2D eigenvalue weighted by Gasteiger charge is 2.29. The van der Waals surface area contributed by atoms with Crippen molar-refractivity contribution in [2.45, 2.75) is 24.8 Å². The molecule has 1 heterocycles. The lowest BCUT2D eigenvalue weighted by Crippen LogP contribution is -2.50. The van der Waals surface area contributed by atoms with Gasteiger partial charge in [-0.3, -0.25) is 4.90 Å². The number of nitrogens with zero attached hydrogens (tertiary/aromatic N) is 2. The van der Waals surface area contributed by atoms with Gasteiger partial charge in [0.2, 0.25) is 10.0 Å². The summed E-state index contributed by atoms with van der Waals surface area (Å²) >= 11 is 3.32. The number of hydrogen-bond acceptors (Lipinski definition) is 5. The first-order valence-corrected chi connectivity index (χ1v) is 11.8. The summed E-state index contributed by atoms with van der Waals surface area (Å²) < 4.78 is 33.6. The molecule has 2 aromatic carbocycles. The van der Waals surface area contributed by atoms with Crippen molar-refractivity contribution in [2.75, 3.05) is 39.3 Å². The van der Waals surface area contributed by atoms with E-state index in [0.717, 1.165) is 21.3 Å². The van der Waals surface area contributed by atoms with E-state index in [1.165, 1.54) is 4.31 Å². The van der Waals surface area contributed by atoms with Gasteiger partial charge in [0.1, 0.15) is 18.5 Å². The molecular formula is C21H27BrN2O4S. The Kier molecular flexibility index (Phi) is 7.34. The quantitative estimate of drug-likeness (QED) is 0.656. The van der Waals surface area contributed by atoms with Crippen molar-refractivity contribution in [1.82, 2.24) is 9.21 Å². The number of aryl methyl sites for hydroxylation is 2. The molecule has 8 heteroatoms. The minimum absolute atomic E-state index is 0.208. The fraction of sp³-hybridized carbons (Fsp3) is 0.429. The molecule has 0 radical (unpaired) electrons. The number of benzene rings is 2. The Balaban J connectivity index is 1.49. The molecule has 3 rings (SSSR count). The Morgan fingerprint density at radius 3 is 2.34 bits per heavy atom. The van der Waals surface area contributed by atoms with Crippen molar-refractivity contribution in [1.29, 1.82) is 0 Å². The zero-order chi connectivity index (χ0) is 21.0. The van der Waals surface area contributed by atoms with Crippen LogP contribution in [0.1, 0.15) is 11.1 Å². The second kappa shape index (κ2) is 9.57. The van der Waals surface area contributed by atoms with Crippen molar-refractivity contribution < 1.29 is 18.3 Å². The van der Waals surface area contributed by atoms with Gasteiger partial charge in [-0.15, -0.1) is 0 Å². The van der Waals surface area contributed by atoms with Crippen molar-refractivity contribution in [3.8, 4) is 5.75 Å². The average Bonchev–Trinajstić information content (AvgIpc) is 2.66. The minimum atomic E-state index is -3.50. The van der Waals surface area contributed by atoms with Crippen LogP contribution in [0.2, 0.25) is 0 Å². The Morgan fingerprint density at radius 1 is 1.07 bits per heavy atom. The van der Waals surface area contributed by atoms with Crippen LogP contribution in [0.3, 0.4) is 0 Å². The summed E-state index contributed by atoms with van der Waals surface area (Å²) in [7, 11) is -3.50. The van der Waals surface area contributed by atoms with Gasteiger partial charge in [0, 0.05) is 37.2 Å². The molecule has 1 aliphatic heterocycles. The lowest BCUT2D eigenvalue weighted by atomic mass is 10.1. The Hall–Kier alpha value is -1.45. The smallest absolute Gasteiger partial charge is 0.243 e. The summed E-state index contributed by atoms with van der Waals surface area (Å²) in [6.45, 7) is 6.64. The van der Waals surface area contributed by atoms with Gasteiger partial charge in [0.05, 0.1) is 4.90 Å². The molecule has 0 bridgehead atoms. The van der Waals surface area contributed by atoms with E-state index in [1.54, 1.807) is 24.3 Å². The summed E-state index contributed by atoms with van der Waals surface area (Å²) in [5.74, 6) is 0.756. The number of β-amino-alcohol motifs (C(OH)–C–C–N with tert-alkyl or cyclic N) is 1. The number of rotatable bonds is 7. The van der Waals surface area contributed by atoms with Crippen LogP contribution in [0.25, 0.3) is 0 Å². The maximum atomic E-state index is 12.8. The molecule has 6 nitrogen and oxygen atoms in total. The second-order valence-electron chi connectivity index (χ2n) is 7.45. The van der Waals surface area contributed by atoms with Crippen LogP contribution in [0.5, 0.6) is 5.75 Å². The number of piperazine rings is 1. The first-order valence-electron chi connectivity index (χ1n) is 9.61. The van der Waals surface area contributed by atoms with Crippen LogP contribution in [0, 0.1) is 13.8 Å². The predicted octanol–water partition coefficient (Wildman–Crippen LogP) is 2.81. The number of ether oxygens (including phenoxy) is 1. The highest BCUT2D eigenvalue weighted by Crippen LogP contribution is 2.21. The molecule has 1 fully saturated rings. The van der Waals surface area contributed by atoms with Gasteiger partial charge in [0.15, 0.2) is 0 Å². The molecule has 1 aliphatic rings. The van der Waals surface area contributed by atoms with Gasteiger partial charge in [0.25, 0.3) is 0 Å². The fourth-order valence-corrected chi connectivity index (χ4v) is 5.51. The topological polar surface area (TPSA) is 70.1 Å². The third kappa shape index (κ3) is 6.02. The van der Waals surface area contributed by atoms with Gasteiger partial charge >= 0.3 is 0 Å². The minimum Gasteiger partial charge on any atom is -0.491 e. The summed E-state index contributed by atoms with van der Waals surface area (Å²) in [6.07, 6.45) is -0.635. The number of aliphatic hydroxyl groups is 1. The fourth-order valence-electron chi connectivity index (χ4n) is 3.49. The van der Waals surface area contributed by atoms with Crippen LogP contribution in [0.15, 0.2) is 51.8 Å². The van der Waals surface area contributed by atoms with E-state index in [1.807, 2.05) is 26.0 Å². The van der Waals surface area contributed by atoms with Crippen molar-refractivity contribution >= 4 is 26.0 Å². The number of hydrogen-bond donors (Lipinski definition) is 1. The molecular weight excluding hydrogens is 456 g/mol. The number of halogens is 1. The lowest BCUT2D eigenvalue weighted by Gasteiger charge is -2.34. The monoisotopic (exact) mass is 482 g/mol. The first-order chi connectivity index (χ1) is 13.7. The Morgan fingerprint density at radius 2 is 1.72 bits per heavy atom. The molecule has 29 heavy (non-hydrogen) atoms. The van der Waals surface area contributed by atoms with E-state index in [0.29, 0.717) is 37.6 Å². The van der Waals surface area contributed by atoms with E-state index < -0.39 is 16.1 Å². The Bertz CT molecular complexity index is 923. The van der Waals surface area contributed by atoms with Crippen molar-refractivity contribution in [3.05, 3.63) is 58.1 Å². The third-order valence-corrected chi connectivity index (χ3v) is 7.26. The largest absolute Gasteiger partial charge is 0.491 e. The first kappa shape index (κ1) is 22.2. The molecule has 0 aromatic heterocycles. The summed E-state index contributed by atoms with van der Waals surface area (Å²) in [5.41, 5.74) is 2.24. The summed E-state index contributed by atoms with van der Waals surface area (Å²) in [6, 6.07) is 12.7. The standard InChI is InChI=1S/C21H27BrN2O4S/c1-16-10-17(2)12-20(11-16)28-15-19(25)14-23-6-8-24(9-7-23)29(26,27)21-5-3-4-18(22)13-21/h3-5,10-13,19,25H,6-9,14-15H2,1-2H3. The lowest BCUT2D eigenvalue weighted by molar-refractivity contribution is 0.0568. The highest BCUT2D eigenvalue weighted by molar-refractivity contribution is 9.10. The van der Waals surface area contributed by atoms with Crippen molar-refractivity contribution in [3.63, 3.8) is 0 Å². The van der Waals surface area contributed by atoms with Crippen LogP contribution in [0.4, 0.5) is 0 Å². The van der Waals surface area contributed by atoms with E-state index in [2.05, 4.69) is 26.9 Å². The summed E-state index contributed by atoms with van der Waals surface area (Å²) in [4.78, 5) is 2.37. The van der Waals surface area contributed by atoms with Crippen LogP contribution < -0.4 is 4.74 Å². The van der Waals surface area contributed by atoms with Gasteiger partial charge < -0.3 is 9.84 Å². The normalized spacial score (nSPS) is 17.2. The molecule has 1 unspecified atom stereocenters. The van der Waals surface area contributed by atoms with Gasteiger partial charge in [-0.2, -0.15) is 4.31 Å². The zero-order valence-corrected chi connectivity index (χ0v) is 19.1. The molecule has 0 amide bonds. The molecule has 0 spiro atoms. The van der Waals surface area contributed by atoms with Gasteiger partial charge in [-0.05, 0) is 55.3 Å². The summed E-state index contributed by atoms with van der Waals surface area (Å²) in [5, 5.41) is 10.3. The van der Waals surface area contributed by atoms with Crippen molar-refractivity contribution in [2.24, 2.45) is 0 Å². The molecule has 2 aromatic rings. The van der Waals surface area contributed by atoms with E-state index >= 15 is 0 Å². The van der Waals surface area contributed by atoms with E-state index in [4.69, 9.17) is 4.74 Å². The molecule has 1 saturated heterocycles. The number of sulfonamides is 1. The zero-order valence-electron chi connectivity index (χ0n) is 16.7. The third-order valence-electron chi connectivity index (χ3n) is 4.87. The Labute approximate surface area is 181 Å². The average molecular weight is 483 g/mol. The van der Waals surface area contributed by atoms with Crippen LogP contribution >= 0.6 is 15.9 Å². The van der Waals surface area contributed by atoms with Gasteiger partial charge in [-0.25, -0.2) is 8.42 Å². The van der Waals surface area contributed by atoms with E-state index in [9.17, 15) is 13.5 Å². The number of aliphatic hydroxyl groups excluding tert-OH is 1. The van der Waals surface area contributed by atoms with Crippen LogP contribution in [-0.4, -0.2) is 68.2 Å². The predicted molar refractivity (Wildman–Crippen MR) is 117 cm³/mol. The molecule has 1 N–H and O–H groups in total. The highest BCUT2D eigenvalue weighted by atomic mass is 79.9. The molecule has 1 atom stereocenters. The maximum Gasteiger partial charge on any atom is 0.243 e. The molecule has 0 aliphatic carbocycles. The molecule has 158 valence electrons. The second-order valence-corrected chi connectivity index (χ2v) is 10.3.